The van der Waals surface area contributed by atoms with Gasteiger partial charge in [0.2, 0.25) is 0 Å². The fraction of sp³-hybridized carbons (Fsp3) is 0.179. The molecule has 10 heteroatoms. The van der Waals surface area contributed by atoms with E-state index in [1.807, 2.05) is 13.0 Å². The van der Waals surface area contributed by atoms with Crippen molar-refractivity contribution in [2.75, 3.05) is 18.2 Å². The smallest absolute Gasteiger partial charge is 0.283 e. The van der Waals surface area contributed by atoms with E-state index in [1.54, 1.807) is 42.5 Å². The number of alkyl halides is 1. The molecule has 0 radical (unpaired) electrons. The van der Waals surface area contributed by atoms with E-state index in [4.69, 9.17) is 15.0 Å². The van der Waals surface area contributed by atoms with E-state index in [2.05, 4.69) is 22.4 Å². The maximum atomic E-state index is 13.3. The number of hydrogen-bond acceptors (Lipinski definition) is 6. The van der Waals surface area contributed by atoms with Crippen molar-refractivity contribution in [3.8, 4) is 28.0 Å². The monoisotopic (exact) mass is 518 g/mol. The number of nitrogen functional groups attached to an aromatic ring is 1. The minimum Gasteiger partial charge on any atom is -0.496 e. The summed E-state index contributed by atoms with van der Waals surface area (Å²) in [5, 5.41) is 9.61. The molecule has 0 aliphatic heterocycles. The number of anilines is 2. The van der Waals surface area contributed by atoms with Crippen molar-refractivity contribution in [1.29, 1.82) is 0 Å². The van der Waals surface area contributed by atoms with Gasteiger partial charge in [0, 0.05) is 17.7 Å². The molecule has 1 fully saturated rings. The number of rotatable bonds is 7. The summed E-state index contributed by atoms with van der Waals surface area (Å²) in [7, 11) is 1.45. The van der Waals surface area contributed by atoms with Crippen LogP contribution in [0.5, 0.6) is 5.75 Å². The van der Waals surface area contributed by atoms with Gasteiger partial charge in [-0.05, 0) is 65.6 Å². The van der Waals surface area contributed by atoms with E-state index in [-0.39, 0.29) is 11.4 Å². The average Bonchev–Trinajstić information content (AvgIpc) is 3.46. The van der Waals surface area contributed by atoms with Crippen LogP contribution in [0, 0.1) is 6.92 Å². The highest BCUT2D eigenvalue weighted by molar-refractivity contribution is 6.08. The van der Waals surface area contributed by atoms with Crippen LogP contribution in [0.2, 0.25) is 0 Å². The van der Waals surface area contributed by atoms with Crippen molar-refractivity contribution in [3.05, 3.63) is 72.1 Å². The number of halogens is 2. The number of carbonyl (C=O) groups excluding carboxylic acids is 2. The highest BCUT2D eigenvalue weighted by atomic mass is 19.1. The molecule has 0 bridgehead atoms. The molecule has 0 spiro atoms. The van der Waals surface area contributed by atoms with Crippen LogP contribution in [0.4, 0.5) is 20.3 Å². The van der Waals surface area contributed by atoms with Crippen molar-refractivity contribution >= 4 is 34.3 Å². The number of hydrogen-bond donors (Lipinski definition) is 3. The molecule has 1 heterocycles. The molecule has 0 saturated heterocycles. The van der Waals surface area contributed by atoms with Gasteiger partial charge in [-0.3, -0.25) is 9.59 Å². The van der Waals surface area contributed by atoms with E-state index < -0.39 is 29.9 Å². The largest absolute Gasteiger partial charge is 0.496 e. The molecule has 4 N–H and O–H groups in total. The fourth-order valence-corrected chi connectivity index (χ4v) is 4.42. The Morgan fingerprint density at radius 3 is 2.55 bits per heavy atom. The van der Waals surface area contributed by atoms with Crippen LogP contribution in [0.1, 0.15) is 22.3 Å². The zero-order valence-electron chi connectivity index (χ0n) is 20.6. The Morgan fingerprint density at radius 2 is 1.89 bits per heavy atom. The summed E-state index contributed by atoms with van der Waals surface area (Å²) in [6, 6.07) is 13.3. The van der Waals surface area contributed by atoms with Crippen molar-refractivity contribution in [2.24, 2.45) is 0 Å². The third kappa shape index (κ3) is 4.56. The van der Waals surface area contributed by atoms with E-state index >= 15 is 0 Å². The number of aryl methyl sites for hydroxylation is 1. The van der Waals surface area contributed by atoms with Crippen molar-refractivity contribution < 1.29 is 27.6 Å². The maximum absolute atomic E-state index is 13.3. The maximum Gasteiger partial charge on any atom is 0.283 e. The molecule has 194 valence electrons. The summed E-state index contributed by atoms with van der Waals surface area (Å²) in [5.74, 6) is -1.95. The number of benzene rings is 3. The number of nitrogens with two attached hydrogens (primary N) is 1. The van der Waals surface area contributed by atoms with Crippen LogP contribution in [0.3, 0.4) is 0 Å². The molecule has 8 nitrogen and oxygen atoms in total. The molecule has 0 unspecified atom stereocenters. The second kappa shape index (κ2) is 9.62. The Bertz CT molecular complexity index is 1610. The first-order valence-electron chi connectivity index (χ1n) is 11.8. The zero-order chi connectivity index (χ0) is 27.1. The van der Waals surface area contributed by atoms with Crippen molar-refractivity contribution in [1.82, 2.24) is 10.5 Å². The first-order chi connectivity index (χ1) is 18.2. The molecular weight excluding hydrogens is 494 g/mol. The number of nitrogens with one attached hydrogen (secondary N) is 2. The number of carbonyl (C=O) groups is 2. The summed E-state index contributed by atoms with van der Waals surface area (Å²) in [5.41, 5.74) is 11.1. The van der Waals surface area contributed by atoms with Gasteiger partial charge < -0.3 is 25.6 Å². The van der Waals surface area contributed by atoms with Crippen molar-refractivity contribution in [2.45, 2.75) is 25.6 Å². The number of fused-ring (bicyclic) bond motifs is 1. The van der Waals surface area contributed by atoms with Crippen LogP contribution in [-0.2, 0) is 4.79 Å². The van der Waals surface area contributed by atoms with Crippen LogP contribution in [0.25, 0.3) is 33.2 Å². The first kappa shape index (κ1) is 24.9. The molecule has 1 saturated carbocycles. The van der Waals surface area contributed by atoms with Gasteiger partial charge in [0.15, 0.2) is 17.2 Å². The normalized spacial score (nSPS) is 16.2. The molecule has 4 aromatic rings. The highest BCUT2D eigenvalue weighted by Gasteiger charge is 2.39. The average molecular weight is 519 g/mol. The summed E-state index contributed by atoms with van der Waals surface area (Å²) >= 11 is 0. The second-order valence-corrected chi connectivity index (χ2v) is 9.06. The Balaban J connectivity index is 1.62. The molecule has 38 heavy (non-hydrogen) atoms. The number of nitrogens with zero attached hydrogens (tertiary/aromatic N) is 1. The SMILES string of the molecule is C=C(F)C(=O)Nc1ccc(-c2ccc3onc(N)c3c2-c2ccc(C(=O)N[C@H]3C[C@H]3F)c(OC)c2)c(C)c1. The lowest BCUT2D eigenvalue weighted by Gasteiger charge is -2.17. The van der Waals surface area contributed by atoms with Gasteiger partial charge in [0.1, 0.15) is 11.9 Å². The minimum atomic E-state index is -1.09. The van der Waals surface area contributed by atoms with Gasteiger partial charge in [-0.2, -0.15) is 0 Å². The quantitative estimate of drug-likeness (QED) is 0.285. The highest BCUT2D eigenvalue weighted by Crippen LogP contribution is 2.43. The third-order valence-corrected chi connectivity index (χ3v) is 6.45. The van der Waals surface area contributed by atoms with Gasteiger partial charge in [0.25, 0.3) is 11.8 Å². The zero-order valence-corrected chi connectivity index (χ0v) is 20.6. The summed E-state index contributed by atoms with van der Waals surface area (Å²) in [4.78, 5) is 24.4. The number of amides is 2. The van der Waals surface area contributed by atoms with Crippen LogP contribution >= 0.6 is 0 Å². The van der Waals surface area contributed by atoms with Crippen LogP contribution < -0.4 is 21.1 Å². The molecule has 2 atom stereocenters. The van der Waals surface area contributed by atoms with E-state index in [1.165, 1.54) is 7.11 Å². The van der Waals surface area contributed by atoms with E-state index in [9.17, 15) is 18.4 Å². The predicted molar refractivity (Wildman–Crippen MR) is 140 cm³/mol. The number of methoxy groups -OCH3 is 1. The number of aromatic nitrogens is 1. The van der Waals surface area contributed by atoms with Crippen LogP contribution in [-0.4, -0.2) is 36.3 Å². The van der Waals surface area contributed by atoms with Gasteiger partial charge in [-0.25, -0.2) is 8.78 Å². The lowest BCUT2D eigenvalue weighted by atomic mass is 9.89. The Morgan fingerprint density at radius 1 is 1.16 bits per heavy atom. The van der Waals surface area contributed by atoms with Crippen molar-refractivity contribution in [3.63, 3.8) is 0 Å². The van der Waals surface area contributed by atoms with Gasteiger partial charge in [-0.1, -0.05) is 23.9 Å². The van der Waals surface area contributed by atoms with Gasteiger partial charge in [-0.15, -0.1) is 0 Å². The second-order valence-electron chi connectivity index (χ2n) is 9.06. The van der Waals surface area contributed by atoms with Gasteiger partial charge in [0.05, 0.1) is 24.1 Å². The van der Waals surface area contributed by atoms with Crippen LogP contribution in [0.15, 0.2) is 65.5 Å². The lowest BCUT2D eigenvalue weighted by molar-refractivity contribution is -0.114. The fourth-order valence-electron chi connectivity index (χ4n) is 4.42. The lowest BCUT2D eigenvalue weighted by Crippen LogP contribution is -2.27. The standard InChI is InChI=1S/C28H24F2N4O4/c1-13-10-16(32-27(35)14(2)29)5-7-17(13)18-8-9-22-25(26(31)34-38-22)24(18)15-4-6-19(23(11-15)37-3)28(36)33-21-12-20(21)30/h4-11,20-21H,2,12H2,1,3H3,(H2,31,34)(H,32,35)(H,33,36)/t20-,21+/m1/s1. The summed E-state index contributed by atoms with van der Waals surface area (Å²) < 4.78 is 37.4. The molecule has 2 amide bonds. The predicted octanol–water partition coefficient (Wildman–Crippen LogP) is 5.32. The van der Waals surface area contributed by atoms with Gasteiger partial charge >= 0.3 is 0 Å². The molecule has 5 rings (SSSR count). The Kier molecular flexibility index (Phi) is 6.31. The Labute approximate surface area is 216 Å². The summed E-state index contributed by atoms with van der Waals surface area (Å²) in [6.45, 7) is 4.86. The molecule has 1 aliphatic rings. The molecule has 1 aromatic heterocycles. The third-order valence-electron chi connectivity index (χ3n) is 6.45. The first-order valence-corrected chi connectivity index (χ1v) is 11.8. The minimum absolute atomic E-state index is 0.184. The topological polar surface area (TPSA) is 119 Å². The molecule has 3 aromatic carbocycles. The molecular formula is C28H24F2N4O4. The summed E-state index contributed by atoms with van der Waals surface area (Å²) in [6.07, 6.45) is -0.728. The van der Waals surface area contributed by atoms with E-state index in [0.717, 1.165) is 16.7 Å². The number of ether oxygens (including phenoxy) is 1. The Hall–Kier alpha value is -4.73. The molecule has 1 aliphatic carbocycles. The van der Waals surface area contributed by atoms with E-state index in [0.29, 0.717) is 40.0 Å².